The van der Waals surface area contributed by atoms with Crippen molar-refractivity contribution < 1.29 is 23.1 Å². The van der Waals surface area contributed by atoms with Gasteiger partial charge in [-0.1, -0.05) is 11.6 Å². The van der Waals surface area contributed by atoms with E-state index in [-0.39, 0.29) is 5.56 Å². The molecule has 2 rings (SSSR count). The van der Waals surface area contributed by atoms with Gasteiger partial charge in [0.05, 0.1) is 0 Å². The van der Waals surface area contributed by atoms with Gasteiger partial charge in [0.1, 0.15) is 0 Å². The number of aromatic nitrogens is 1. The van der Waals surface area contributed by atoms with Crippen molar-refractivity contribution in [2.75, 3.05) is 0 Å². The molecule has 0 aliphatic carbocycles. The van der Waals surface area contributed by atoms with Gasteiger partial charge in [-0.15, -0.1) is 0 Å². The molecule has 0 spiro atoms. The minimum absolute atomic E-state index is 0.256. The van der Waals surface area contributed by atoms with Gasteiger partial charge in [0, 0.05) is 22.7 Å². The van der Waals surface area contributed by atoms with E-state index in [0.29, 0.717) is 10.9 Å². The van der Waals surface area contributed by atoms with Crippen LogP contribution in [0.5, 0.6) is 0 Å². The maximum Gasteiger partial charge on any atom is 0.406 e. The van der Waals surface area contributed by atoms with E-state index in [1.807, 2.05) is 0 Å². The van der Waals surface area contributed by atoms with Crippen molar-refractivity contribution in [3.05, 3.63) is 35.5 Å². The molecule has 18 heavy (non-hydrogen) atoms. The van der Waals surface area contributed by atoms with Crippen molar-refractivity contribution in [1.82, 2.24) is 4.98 Å². The van der Waals surface area contributed by atoms with E-state index < -0.39 is 18.1 Å². The molecule has 0 aliphatic heterocycles. The first-order valence-corrected chi connectivity index (χ1v) is 5.18. The van der Waals surface area contributed by atoms with Crippen LogP contribution in [-0.4, -0.2) is 22.2 Å². The summed E-state index contributed by atoms with van der Waals surface area (Å²) in [6, 6.07) is 4.91. The highest BCUT2D eigenvalue weighted by molar-refractivity contribution is 5.90. The van der Waals surface area contributed by atoms with E-state index in [1.165, 1.54) is 0 Å². The number of carboxylic acid groups (broad SMARTS) is 1. The molecule has 0 saturated carbocycles. The van der Waals surface area contributed by atoms with Crippen molar-refractivity contribution in [3.63, 3.8) is 0 Å². The molecule has 96 valence electrons. The summed E-state index contributed by atoms with van der Waals surface area (Å²) in [5, 5.41) is 9.07. The number of fused-ring (bicyclic) bond motifs is 1. The third kappa shape index (κ3) is 2.05. The van der Waals surface area contributed by atoms with Gasteiger partial charge >= 0.3 is 12.1 Å². The number of carboxylic acids is 1. The number of aliphatic carboxylic acids is 1. The van der Waals surface area contributed by atoms with Crippen LogP contribution in [0.15, 0.2) is 24.4 Å². The molecule has 0 unspecified atom stereocenters. The average Bonchev–Trinajstić information content (AvgIpc) is 2.59. The fourth-order valence-corrected chi connectivity index (χ4v) is 1.94. The summed E-state index contributed by atoms with van der Waals surface area (Å²) in [5.74, 6) is -4.40. The molecule has 0 bridgehead atoms. The normalized spacial score (nSPS) is 13.8. The first-order valence-electron chi connectivity index (χ1n) is 5.18. The summed E-state index contributed by atoms with van der Waals surface area (Å²) in [6.45, 7) is 1.74. The molecule has 0 aliphatic rings. The van der Waals surface area contributed by atoms with Crippen LogP contribution in [0.25, 0.3) is 10.9 Å². The summed E-state index contributed by atoms with van der Waals surface area (Å²) >= 11 is 0. The third-order valence-electron chi connectivity index (χ3n) is 2.75. The summed E-state index contributed by atoms with van der Waals surface area (Å²) in [7, 11) is 0. The average molecular weight is 257 g/mol. The van der Waals surface area contributed by atoms with E-state index in [0.717, 1.165) is 11.8 Å². The van der Waals surface area contributed by atoms with Gasteiger partial charge in [0.15, 0.2) is 5.92 Å². The van der Waals surface area contributed by atoms with Crippen LogP contribution in [0.4, 0.5) is 13.2 Å². The van der Waals surface area contributed by atoms with E-state index >= 15 is 0 Å². The summed E-state index contributed by atoms with van der Waals surface area (Å²) < 4.78 is 38.3. The lowest BCUT2D eigenvalue weighted by Crippen LogP contribution is -2.28. The van der Waals surface area contributed by atoms with E-state index in [4.69, 9.17) is 5.11 Å². The van der Waals surface area contributed by atoms with Crippen molar-refractivity contribution in [3.8, 4) is 0 Å². The van der Waals surface area contributed by atoms with Crippen molar-refractivity contribution in [2.24, 2.45) is 0 Å². The second-order valence-electron chi connectivity index (χ2n) is 4.11. The number of alkyl halides is 3. The number of hydrogen-bond donors (Lipinski definition) is 2. The number of aromatic amines is 1. The summed E-state index contributed by atoms with van der Waals surface area (Å²) in [5.41, 5.74) is 1.01. The lowest BCUT2D eigenvalue weighted by atomic mass is 9.97. The maximum absolute atomic E-state index is 12.8. The second kappa shape index (κ2) is 4.04. The zero-order valence-electron chi connectivity index (χ0n) is 9.38. The molecule has 2 aromatic rings. The van der Waals surface area contributed by atoms with Crippen LogP contribution in [0, 0.1) is 6.92 Å². The third-order valence-corrected chi connectivity index (χ3v) is 2.75. The van der Waals surface area contributed by atoms with Gasteiger partial charge < -0.3 is 10.1 Å². The number of H-pyrrole nitrogens is 1. The van der Waals surface area contributed by atoms with Crippen molar-refractivity contribution in [1.29, 1.82) is 0 Å². The Hall–Kier alpha value is -1.98. The van der Waals surface area contributed by atoms with Gasteiger partial charge in [0.2, 0.25) is 0 Å². The molecular weight excluding hydrogens is 247 g/mol. The van der Waals surface area contributed by atoms with Crippen molar-refractivity contribution in [2.45, 2.75) is 19.0 Å². The molecule has 1 heterocycles. The molecule has 0 radical (unpaired) electrons. The Morgan fingerprint density at radius 3 is 2.61 bits per heavy atom. The van der Waals surface area contributed by atoms with E-state index in [9.17, 15) is 18.0 Å². The van der Waals surface area contributed by atoms with E-state index in [1.54, 1.807) is 25.1 Å². The van der Waals surface area contributed by atoms with E-state index in [2.05, 4.69) is 4.98 Å². The number of nitrogens with one attached hydrogen (secondary N) is 1. The standard InChI is InChI=1S/C12H10F3NO2/c1-6-2-3-9-7(4-6)8(5-16-9)10(11(17)18)12(13,14)15/h2-5,10,16H,1H3,(H,17,18)/t10-/m1/s1. The number of aryl methyl sites for hydroxylation is 1. The fourth-order valence-electron chi connectivity index (χ4n) is 1.94. The van der Waals surface area contributed by atoms with Gasteiger partial charge in [-0.2, -0.15) is 13.2 Å². The highest BCUT2D eigenvalue weighted by atomic mass is 19.4. The number of benzene rings is 1. The molecule has 1 aromatic heterocycles. The number of halogens is 3. The van der Waals surface area contributed by atoms with Crippen LogP contribution >= 0.6 is 0 Å². The molecule has 0 saturated heterocycles. The number of hydrogen-bond acceptors (Lipinski definition) is 1. The Morgan fingerprint density at radius 2 is 2.06 bits per heavy atom. The Kier molecular flexibility index (Phi) is 2.80. The van der Waals surface area contributed by atoms with Crippen LogP contribution in [0.2, 0.25) is 0 Å². The van der Waals surface area contributed by atoms with Gasteiger partial charge in [0.25, 0.3) is 0 Å². The maximum atomic E-state index is 12.8. The predicted molar refractivity (Wildman–Crippen MR) is 59.5 cm³/mol. The Bertz CT molecular complexity index is 601. The highest BCUT2D eigenvalue weighted by Gasteiger charge is 2.47. The highest BCUT2D eigenvalue weighted by Crippen LogP contribution is 2.38. The molecule has 6 heteroatoms. The zero-order chi connectivity index (χ0) is 13.5. The number of carbonyl (C=O) groups is 1. The predicted octanol–water partition coefficient (Wildman–Crippen LogP) is 3.21. The van der Waals surface area contributed by atoms with Crippen LogP contribution in [0.1, 0.15) is 17.0 Å². The summed E-state index contributed by atoms with van der Waals surface area (Å²) in [4.78, 5) is 13.5. The lowest BCUT2D eigenvalue weighted by molar-refractivity contribution is -0.176. The van der Waals surface area contributed by atoms with Crippen LogP contribution in [-0.2, 0) is 4.79 Å². The SMILES string of the molecule is Cc1ccc2[nH]cc([C@H](C(=O)O)C(F)(F)F)c2c1. The van der Waals surface area contributed by atoms with Gasteiger partial charge in [-0.3, -0.25) is 4.79 Å². The Morgan fingerprint density at radius 1 is 1.39 bits per heavy atom. The van der Waals surface area contributed by atoms with Crippen LogP contribution in [0.3, 0.4) is 0 Å². The quantitative estimate of drug-likeness (QED) is 0.867. The molecule has 3 nitrogen and oxygen atoms in total. The summed E-state index contributed by atoms with van der Waals surface area (Å²) in [6.07, 6.45) is -3.71. The molecule has 0 fully saturated rings. The largest absolute Gasteiger partial charge is 0.481 e. The molecule has 2 N–H and O–H groups in total. The lowest BCUT2D eigenvalue weighted by Gasteiger charge is -2.15. The number of rotatable bonds is 2. The topological polar surface area (TPSA) is 53.1 Å². The minimum atomic E-state index is -4.81. The fraction of sp³-hybridized carbons (Fsp3) is 0.250. The second-order valence-corrected chi connectivity index (χ2v) is 4.11. The smallest absolute Gasteiger partial charge is 0.406 e. The molecule has 0 amide bonds. The van der Waals surface area contributed by atoms with Gasteiger partial charge in [-0.05, 0) is 19.1 Å². The van der Waals surface area contributed by atoms with Crippen molar-refractivity contribution >= 4 is 16.9 Å². The Labute approximate surface area is 100 Å². The molecular formula is C12H10F3NO2. The first-order chi connectivity index (χ1) is 8.30. The molecule has 1 aromatic carbocycles. The zero-order valence-corrected chi connectivity index (χ0v) is 9.38. The Balaban J connectivity index is 2.65. The minimum Gasteiger partial charge on any atom is -0.481 e. The first kappa shape index (κ1) is 12.5. The van der Waals surface area contributed by atoms with Gasteiger partial charge in [-0.25, -0.2) is 0 Å². The monoisotopic (exact) mass is 257 g/mol. The molecule has 1 atom stereocenters. The van der Waals surface area contributed by atoms with Crippen LogP contribution < -0.4 is 0 Å².